The summed E-state index contributed by atoms with van der Waals surface area (Å²) in [4.78, 5) is 4.74. The van der Waals surface area contributed by atoms with E-state index in [9.17, 15) is 0 Å². The molecule has 3 aliphatic carbocycles. The lowest BCUT2D eigenvalue weighted by atomic mass is 9.69. The first-order chi connectivity index (χ1) is 33.7. The quantitative estimate of drug-likeness (QED) is 0.167. The van der Waals surface area contributed by atoms with Gasteiger partial charge in [-0.1, -0.05) is 158 Å². The number of anilines is 6. The Morgan fingerprint density at radius 3 is 1.43 bits per heavy atom. The van der Waals surface area contributed by atoms with Crippen molar-refractivity contribution in [2.75, 3.05) is 9.80 Å². The highest BCUT2D eigenvalue weighted by molar-refractivity contribution is 6.12. The van der Waals surface area contributed by atoms with Crippen molar-refractivity contribution in [2.45, 2.75) is 11.8 Å². The molecule has 0 saturated carbocycles. The van der Waals surface area contributed by atoms with E-state index in [1.807, 2.05) is 12.1 Å². The fraction of sp³-hybridized carbons (Fsp3) is 0.0312. The van der Waals surface area contributed by atoms with Gasteiger partial charge in [0, 0.05) is 44.3 Å². The van der Waals surface area contributed by atoms with Gasteiger partial charge in [0.15, 0.2) is 11.2 Å². The minimum absolute atomic E-state index is 0.501. The number of para-hydroxylation sites is 6. The van der Waals surface area contributed by atoms with Gasteiger partial charge in [0.05, 0.1) is 16.8 Å². The van der Waals surface area contributed by atoms with Gasteiger partial charge in [0.1, 0.15) is 11.2 Å². The number of hydrogen-bond donors (Lipinski definition) is 0. The van der Waals surface area contributed by atoms with Crippen molar-refractivity contribution >= 4 is 83.6 Å². The molecule has 12 aromatic rings. The summed E-state index contributed by atoms with van der Waals surface area (Å²) >= 11 is 0. The van der Waals surface area contributed by atoms with E-state index in [1.165, 1.54) is 55.7 Å². The molecule has 10 aromatic carbocycles. The van der Waals surface area contributed by atoms with E-state index >= 15 is 0 Å². The number of nitrogens with zero attached hydrogens (tertiary/aromatic N) is 2. The van der Waals surface area contributed by atoms with Gasteiger partial charge in [-0.3, -0.25) is 0 Å². The van der Waals surface area contributed by atoms with E-state index in [4.69, 9.17) is 8.83 Å². The summed E-state index contributed by atoms with van der Waals surface area (Å²) in [5, 5.41) is 4.44. The van der Waals surface area contributed by atoms with Crippen LogP contribution in [0.15, 0.2) is 245 Å². The maximum absolute atomic E-state index is 6.73. The average molecular weight is 869 g/mol. The van der Waals surface area contributed by atoms with Crippen molar-refractivity contribution in [1.82, 2.24) is 0 Å². The summed E-state index contributed by atoms with van der Waals surface area (Å²) in [6.07, 6.45) is 0.871. The topological polar surface area (TPSA) is 32.8 Å². The molecule has 4 heteroatoms. The molecule has 3 aliphatic rings. The second-order valence-electron chi connectivity index (χ2n) is 18.3. The molecule has 0 fully saturated rings. The Morgan fingerprint density at radius 1 is 0.338 bits per heavy atom. The minimum Gasteiger partial charge on any atom is -0.454 e. The molecule has 2 aromatic heterocycles. The van der Waals surface area contributed by atoms with E-state index in [0.29, 0.717) is 0 Å². The van der Waals surface area contributed by atoms with Crippen LogP contribution in [0.2, 0.25) is 0 Å². The molecular weight excluding hydrogens is 829 g/mol. The molecule has 1 unspecified atom stereocenters. The third-order valence-corrected chi connectivity index (χ3v) is 14.9. The molecule has 1 spiro atoms. The van der Waals surface area contributed by atoms with Gasteiger partial charge < -0.3 is 18.6 Å². The lowest BCUT2D eigenvalue weighted by Gasteiger charge is -2.33. The number of benzene rings is 10. The fourth-order valence-corrected chi connectivity index (χ4v) is 12.2. The van der Waals surface area contributed by atoms with Crippen molar-refractivity contribution in [3.05, 3.63) is 269 Å². The Hall–Kier alpha value is -8.86. The number of allylic oxidation sites excluding steroid dienone is 1. The Morgan fingerprint density at radius 2 is 0.809 bits per heavy atom. The third kappa shape index (κ3) is 5.03. The second-order valence-corrected chi connectivity index (χ2v) is 18.3. The van der Waals surface area contributed by atoms with Gasteiger partial charge in [-0.15, -0.1) is 0 Å². The van der Waals surface area contributed by atoms with E-state index in [-0.39, 0.29) is 0 Å². The summed E-state index contributed by atoms with van der Waals surface area (Å²) in [5.74, 6) is 0. The van der Waals surface area contributed by atoms with Crippen molar-refractivity contribution < 1.29 is 8.83 Å². The predicted octanol–water partition coefficient (Wildman–Crippen LogP) is 17.1. The van der Waals surface area contributed by atoms with Gasteiger partial charge >= 0.3 is 0 Å². The molecule has 0 amide bonds. The smallest absolute Gasteiger partial charge is 0.159 e. The highest BCUT2D eigenvalue weighted by Crippen LogP contribution is 2.66. The lowest BCUT2D eigenvalue weighted by molar-refractivity contribution is 0.668. The zero-order chi connectivity index (χ0) is 44.5. The Kier molecular flexibility index (Phi) is 7.73. The minimum atomic E-state index is -0.501. The summed E-state index contributed by atoms with van der Waals surface area (Å²) in [7, 11) is 0. The molecular formula is C64H40N2O2. The maximum Gasteiger partial charge on any atom is 0.159 e. The summed E-state index contributed by atoms with van der Waals surface area (Å²) in [6, 6.07) is 83.7. The number of hydrogen-bond acceptors (Lipinski definition) is 4. The highest BCUT2D eigenvalue weighted by atomic mass is 16.3. The van der Waals surface area contributed by atoms with Crippen molar-refractivity contribution in [3.8, 4) is 11.1 Å². The van der Waals surface area contributed by atoms with Crippen molar-refractivity contribution in [3.63, 3.8) is 0 Å². The van der Waals surface area contributed by atoms with Gasteiger partial charge in [0.2, 0.25) is 0 Å². The molecule has 2 heterocycles. The van der Waals surface area contributed by atoms with Crippen LogP contribution in [-0.4, -0.2) is 0 Å². The van der Waals surface area contributed by atoms with Gasteiger partial charge in [-0.05, 0) is 135 Å². The molecule has 0 N–H and O–H groups in total. The number of fused-ring (bicyclic) bond motifs is 17. The van der Waals surface area contributed by atoms with Crippen molar-refractivity contribution in [1.29, 1.82) is 0 Å². The van der Waals surface area contributed by atoms with Crippen LogP contribution >= 0.6 is 0 Å². The van der Waals surface area contributed by atoms with Gasteiger partial charge in [-0.2, -0.15) is 0 Å². The molecule has 0 saturated heterocycles. The second kappa shape index (κ2) is 14.1. The molecule has 4 nitrogen and oxygen atoms in total. The zero-order valence-electron chi connectivity index (χ0n) is 36.9. The van der Waals surface area contributed by atoms with Crippen LogP contribution in [-0.2, 0) is 11.8 Å². The SMILES string of the molecule is c1ccc(N(c2ccc3c(c2)C2=C(Cc4ccccc42)C32c3ccccc3-c3cc(N(c4ccccc4)c4cccc5c4oc4ccccc45)ccc32)c2cccc3c2oc2ccccc23)cc1. The maximum atomic E-state index is 6.73. The normalized spacial score (nSPS) is 15.3. The Labute approximate surface area is 392 Å². The standard InChI is InChI=1S/C64H40N2O2/c1-3-18-41(19-4-1)65(57-29-15-26-49-47-24-10-13-31-59(47)67-62(49)57)43-33-35-54-51(38-43)46-23-9-12-28-53(46)64(54)55-36-34-44(39-52(55)61-45-22-8-7-17-40(45)37-56(61)64)66(42-20-5-2-6-21-42)58-30-16-27-50-48-25-11-14-32-60(48)68-63(50)58/h1-36,38-39H,37H2. The number of rotatable bonds is 6. The lowest BCUT2D eigenvalue weighted by Crippen LogP contribution is -2.28. The molecule has 318 valence electrons. The fourth-order valence-electron chi connectivity index (χ4n) is 12.2. The van der Waals surface area contributed by atoms with Crippen molar-refractivity contribution in [2.24, 2.45) is 0 Å². The Balaban J connectivity index is 0.962. The van der Waals surface area contributed by atoms with E-state index in [0.717, 1.165) is 84.4 Å². The largest absolute Gasteiger partial charge is 0.454 e. The predicted molar refractivity (Wildman–Crippen MR) is 278 cm³/mol. The van der Waals surface area contributed by atoms with Crippen LogP contribution in [0.3, 0.4) is 0 Å². The summed E-state index contributed by atoms with van der Waals surface area (Å²) in [5.41, 5.74) is 22.5. The van der Waals surface area contributed by atoms with Crippen LogP contribution < -0.4 is 9.80 Å². The monoisotopic (exact) mass is 868 g/mol. The summed E-state index contributed by atoms with van der Waals surface area (Å²) in [6.45, 7) is 0. The first-order valence-electron chi connectivity index (χ1n) is 23.5. The van der Waals surface area contributed by atoms with Crippen LogP contribution in [0.5, 0.6) is 0 Å². The third-order valence-electron chi connectivity index (χ3n) is 14.9. The molecule has 15 rings (SSSR count). The molecule has 0 aliphatic heterocycles. The van der Waals surface area contributed by atoms with Gasteiger partial charge in [0.25, 0.3) is 0 Å². The van der Waals surface area contributed by atoms with Gasteiger partial charge in [-0.25, -0.2) is 0 Å². The first-order valence-corrected chi connectivity index (χ1v) is 23.5. The molecule has 68 heavy (non-hydrogen) atoms. The van der Waals surface area contributed by atoms with E-state index in [2.05, 4.69) is 228 Å². The highest BCUT2D eigenvalue weighted by Gasteiger charge is 2.55. The first kappa shape index (κ1) is 37.4. The van der Waals surface area contributed by atoms with Crippen LogP contribution in [0.4, 0.5) is 34.1 Å². The average Bonchev–Trinajstić information content (AvgIpc) is 4.20. The molecule has 1 atom stereocenters. The van der Waals surface area contributed by atoms with Crippen LogP contribution in [0, 0.1) is 0 Å². The van der Waals surface area contributed by atoms with E-state index < -0.39 is 5.41 Å². The molecule has 0 bridgehead atoms. The van der Waals surface area contributed by atoms with Crippen LogP contribution in [0.25, 0.3) is 60.6 Å². The molecule has 0 radical (unpaired) electrons. The van der Waals surface area contributed by atoms with E-state index in [1.54, 1.807) is 0 Å². The summed E-state index contributed by atoms with van der Waals surface area (Å²) < 4.78 is 13.4. The number of furan rings is 2. The Bertz CT molecular complexity index is 4080. The zero-order valence-corrected chi connectivity index (χ0v) is 36.9. The van der Waals surface area contributed by atoms with Crippen LogP contribution in [0.1, 0.15) is 33.4 Å².